The Morgan fingerprint density at radius 1 is 0.643 bits per heavy atom. The molecule has 4 aromatic carbocycles. The zero-order valence-electron chi connectivity index (χ0n) is 31.1. The number of pyridine rings is 2. The minimum Gasteiger partial charge on any atom is -0.489 e. The first kappa shape index (κ1) is 37.1. The molecule has 0 amide bonds. The van der Waals surface area contributed by atoms with Crippen molar-refractivity contribution in [2.75, 3.05) is 0 Å². The Kier molecular flexibility index (Phi) is 10.1. The third-order valence-electron chi connectivity index (χ3n) is 9.07. The molecule has 0 spiro atoms. The highest BCUT2D eigenvalue weighted by Crippen LogP contribution is 2.39. The topological polar surface area (TPSA) is 142 Å². The van der Waals surface area contributed by atoms with Crippen LogP contribution in [-0.4, -0.2) is 47.6 Å². The molecule has 0 aliphatic carbocycles. The lowest BCUT2D eigenvalue weighted by atomic mass is 9.97. The second-order valence-corrected chi connectivity index (χ2v) is 14.6. The average molecular weight is 788 g/mol. The van der Waals surface area contributed by atoms with E-state index in [1.54, 1.807) is 30.5 Å². The number of aromatic nitrogens is 6. The molecule has 0 aliphatic rings. The summed E-state index contributed by atoms with van der Waals surface area (Å²) in [5.74, 6) is 2.52. The summed E-state index contributed by atoms with van der Waals surface area (Å²) in [7, 11) is 0. The van der Waals surface area contributed by atoms with Crippen molar-refractivity contribution in [2.45, 2.75) is 59.4 Å². The first-order valence-corrected chi connectivity index (χ1v) is 18.9. The molecular weight excluding hydrogens is 751 g/mol. The maximum atomic E-state index is 11.3. The van der Waals surface area contributed by atoms with E-state index in [0.29, 0.717) is 85.2 Å². The number of nitrogens with zero attached hydrogens (tertiary/aromatic N) is 6. The molecule has 0 saturated carbocycles. The van der Waals surface area contributed by atoms with Crippen molar-refractivity contribution in [1.29, 1.82) is 0 Å². The number of aliphatic hydroxyl groups is 1. The Bertz CT molecular complexity index is 2730. The van der Waals surface area contributed by atoms with Crippen LogP contribution in [0.5, 0.6) is 11.5 Å². The molecule has 56 heavy (non-hydrogen) atoms. The second kappa shape index (κ2) is 15.3. The van der Waals surface area contributed by atoms with Crippen LogP contribution in [0.1, 0.15) is 52.8 Å². The number of aliphatic hydroxyl groups excluding tert-OH is 1. The van der Waals surface area contributed by atoms with Gasteiger partial charge in [0.15, 0.2) is 0 Å². The lowest BCUT2D eigenvalue weighted by Gasteiger charge is -2.15. The summed E-state index contributed by atoms with van der Waals surface area (Å²) in [4.78, 5) is 19.3. The number of rotatable bonds is 11. The fraction of sp³-hybridized carbons (Fsp3) is 0.209. The molecule has 11 nitrogen and oxygen atoms in total. The molecule has 282 valence electrons. The van der Waals surface area contributed by atoms with E-state index >= 15 is 0 Å². The van der Waals surface area contributed by atoms with E-state index in [1.807, 2.05) is 95.3 Å². The van der Waals surface area contributed by atoms with Crippen LogP contribution >= 0.6 is 23.2 Å². The Balaban J connectivity index is 1.20. The van der Waals surface area contributed by atoms with Crippen LogP contribution in [-0.2, 0) is 0 Å². The highest BCUT2D eigenvalue weighted by atomic mass is 35.5. The molecule has 8 aromatic rings. The summed E-state index contributed by atoms with van der Waals surface area (Å²) in [6, 6.07) is 26.1. The van der Waals surface area contributed by atoms with Crippen molar-refractivity contribution in [3.8, 4) is 68.6 Å². The van der Waals surface area contributed by atoms with Gasteiger partial charge in [-0.3, -0.25) is 4.98 Å². The van der Waals surface area contributed by atoms with Gasteiger partial charge in [-0.25, -0.2) is 4.98 Å². The van der Waals surface area contributed by atoms with E-state index < -0.39 is 6.10 Å². The van der Waals surface area contributed by atoms with Crippen molar-refractivity contribution < 1.29 is 23.6 Å². The smallest absolute Gasteiger partial charge is 0.258 e. The molecule has 0 radical (unpaired) electrons. The molecule has 1 N–H and O–H groups in total. The summed E-state index contributed by atoms with van der Waals surface area (Å²) in [6.45, 7) is 9.66. The number of halogens is 2. The predicted molar refractivity (Wildman–Crippen MR) is 217 cm³/mol. The SMILES string of the molecule is CCC(O)c1nc(-c2nccc3c(-c4noc(-c5ccc(OC(C)C)c(Cl)c5)n4)cccc23)cc2c(-c3noc(-c4ccc(OC(C)C)c(Cl)c4)n3)cccc12. The van der Waals surface area contributed by atoms with Crippen LogP contribution in [0.3, 0.4) is 0 Å². The summed E-state index contributed by atoms with van der Waals surface area (Å²) < 4.78 is 23.0. The Morgan fingerprint density at radius 2 is 1.20 bits per heavy atom. The van der Waals surface area contributed by atoms with E-state index in [2.05, 4.69) is 10.3 Å². The predicted octanol–water partition coefficient (Wildman–Crippen LogP) is 11.2. The Morgan fingerprint density at radius 3 is 1.73 bits per heavy atom. The number of benzene rings is 4. The third kappa shape index (κ3) is 7.16. The van der Waals surface area contributed by atoms with E-state index in [9.17, 15) is 5.11 Å². The highest BCUT2D eigenvalue weighted by molar-refractivity contribution is 6.32. The van der Waals surface area contributed by atoms with Crippen molar-refractivity contribution >= 4 is 44.7 Å². The molecule has 4 aromatic heterocycles. The first-order chi connectivity index (χ1) is 27.1. The molecule has 0 bridgehead atoms. The maximum Gasteiger partial charge on any atom is 0.258 e. The molecule has 0 saturated heterocycles. The molecule has 13 heteroatoms. The van der Waals surface area contributed by atoms with Gasteiger partial charge in [0.1, 0.15) is 11.5 Å². The van der Waals surface area contributed by atoms with Crippen LogP contribution in [0, 0.1) is 0 Å². The first-order valence-electron chi connectivity index (χ1n) is 18.2. The van der Waals surface area contributed by atoms with Gasteiger partial charge in [0.25, 0.3) is 11.8 Å². The number of hydrogen-bond donors (Lipinski definition) is 1. The van der Waals surface area contributed by atoms with Crippen LogP contribution in [0.25, 0.3) is 78.6 Å². The van der Waals surface area contributed by atoms with Crippen LogP contribution in [0.2, 0.25) is 10.0 Å². The summed E-state index contributed by atoms with van der Waals surface area (Å²) in [5, 5.41) is 24.0. The molecule has 8 rings (SSSR count). The minimum atomic E-state index is -0.843. The minimum absolute atomic E-state index is 0.0202. The molecule has 0 aliphatic heterocycles. The average Bonchev–Trinajstić information content (AvgIpc) is 3.89. The van der Waals surface area contributed by atoms with Gasteiger partial charge >= 0.3 is 0 Å². The van der Waals surface area contributed by atoms with Gasteiger partial charge < -0.3 is 23.6 Å². The number of fused-ring (bicyclic) bond motifs is 2. The zero-order chi connectivity index (χ0) is 39.1. The summed E-state index contributed by atoms with van der Waals surface area (Å²) >= 11 is 13.0. The van der Waals surface area contributed by atoms with Gasteiger partial charge in [-0.15, -0.1) is 0 Å². The number of ether oxygens (including phenoxy) is 2. The van der Waals surface area contributed by atoms with Gasteiger partial charge in [-0.2, -0.15) is 9.97 Å². The standard InChI is InChI=1S/C43H36Cl2N6O5/c1-6-35(52)39-28-10-8-12-30(41-49-43(56-51-41)25-14-16-37(33(45)20-25)54-23(4)5)31(28)21-34(47-39)38-27-9-7-11-29(26(27)17-18-46-38)40-48-42(55-50-40)24-13-15-36(32(44)19-24)53-22(2)3/h7-23,35,52H,6H2,1-5H3. The zero-order valence-corrected chi connectivity index (χ0v) is 32.6. The summed E-state index contributed by atoms with van der Waals surface area (Å²) in [6.07, 6.45) is 1.28. The van der Waals surface area contributed by atoms with E-state index in [4.69, 9.17) is 61.7 Å². The van der Waals surface area contributed by atoms with Gasteiger partial charge in [-0.1, -0.05) is 76.8 Å². The second-order valence-electron chi connectivity index (χ2n) is 13.7. The molecule has 1 atom stereocenters. The monoisotopic (exact) mass is 786 g/mol. The molecule has 4 heterocycles. The lowest BCUT2D eigenvalue weighted by molar-refractivity contribution is 0.170. The van der Waals surface area contributed by atoms with Crippen molar-refractivity contribution in [3.05, 3.63) is 107 Å². The van der Waals surface area contributed by atoms with Crippen LogP contribution < -0.4 is 9.47 Å². The van der Waals surface area contributed by atoms with Crippen molar-refractivity contribution in [2.24, 2.45) is 0 Å². The highest BCUT2D eigenvalue weighted by Gasteiger charge is 2.22. The maximum absolute atomic E-state index is 11.3. The molecule has 0 fully saturated rings. The summed E-state index contributed by atoms with van der Waals surface area (Å²) in [5.41, 5.74) is 4.42. The van der Waals surface area contributed by atoms with Crippen molar-refractivity contribution in [1.82, 2.24) is 30.2 Å². The Labute approximate surface area is 332 Å². The number of hydrogen-bond acceptors (Lipinski definition) is 11. The lowest BCUT2D eigenvalue weighted by Crippen LogP contribution is -2.05. The van der Waals surface area contributed by atoms with Gasteiger partial charge in [0.05, 0.1) is 45.4 Å². The van der Waals surface area contributed by atoms with Gasteiger partial charge in [0.2, 0.25) is 11.6 Å². The van der Waals surface area contributed by atoms with Crippen LogP contribution in [0.15, 0.2) is 100 Å². The largest absolute Gasteiger partial charge is 0.489 e. The fourth-order valence-electron chi connectivity index (χ4n) is 6.54. The quantitative estimate of drug-likeness (QED) is 0.134. The molecular formula is C43H36Cl2N6O5. The van der Waals surface area contributed by atoms with E-state index in [0.717, 1.165) is 27.1 Å². The van der Waals surface area contributed by atoms with Gasteiger partial charge in [-0.05, 0) is 93.4 Å². The van der Waals surface area contributed by atoms with E-state index in [1.165, 1.54) is 0 Å². The molecule has 1 unspecified atom stereocenters. The van der Waals surface area contributed by atoms with Crippen molar-refractivity contribution in [3.63, 3.8) is 0 Å². The Hall–Kier alpha value is -5.88. The van der Waals surface area contributed by atoms with Crippen LogP contribution in [0.4, 0.5) is 0 Å². The third-order valence-corrected chi connectivity index (χ3v) is 9.66. The van der Waals surface area contributed by atoms with E-state index in [-0.39, 0.29) is 12.2 Å². The normalized spacial score (nSPS) is 12.2. The van der Waals surface area contributed by atoms with Gasteiger partial charge in [0, 0.05) is 39.2 Å². The fourth-order valence-corrected chi connectivity index (χ4v) is 6.99.